The molecule has 0 aliphatic carbocycles. The normalized spacial score (nSPS) is 16.5. The van der Waals surface area contributed by atoms with Gasteiger partial charge in [0.15, 0.2) is 9.84 Å². The average molecular weight is 394 g/mol. The van der Waals surface area contributed by atoms with E-state index in [2.05, 4.69) is 21.3 Å². The van der Waals surface area contributed by atoms with E-state index in [0.29, 0.717) is 11.7 Å². The second-order valence-electron chi connectivity index (χ2n) is 6.81. The van der Waals surface area contributed by atoms with Gasteiger partial charge in [-0.05, 0) is 55.6 Å². The maximum Gasteiger partial charge on any atom is 0.179 e. The van der Waals surface area contributed by atoms with Crippen molar-refractivity contribution in [2.24, 2.45) is 5.92 Å². The van der Waals surface area contributed by atoms with Crippen LogP contribution in [0.1, 0.15) is 18.4 Å². The first kappa shape index (κ1) is 19.1. The Balaban J connectivity index is 1.52. The van der Waals surface area contributed by atoms with Crippen LogP contribution < -0.4 is 5.32 Å². The lowest BCUT2D eigenvalue weighted by molar-refractivity contribution is 0.182. The molecule has 2 aromatic rings. The average Bonchev–Trinajstić information content (AvgIpc) is 2.62. The lowest BCUT2D eigenvalue weighted by Crippen LogP contribution is -2.35. The van der Waals surface area contributed by atoms with Gasteiger partial charge in [0.1, 0.15) is 10.7 Å². The van der Waals surface area contributed by atoms with Crippen LogP contribution in [0, 0.1) is 5.92 Å². The number of sulfone groups is 1. The minimum atomic E-state index is -3.28. The van der Waals surface area contributed by atoms with Crippen molar-refractivity contribution in [3.05, 3.63) is 53.2 Å². The number of likely N-dealkylation sites (tertiary alicyclic amines) is 1. The summed E-state index contributed by atoms with van der Waals surface area (Å²) in [5.41, 5.74) is 1.16. The lowest BCUT2D eigenvalue weighted by Gasteiger charge is -2.32. The summed E-state index contributed by atoms with van der Waals surface area (Å²) in [5, 5.41) is 4.05. The van der Waals surface area contributed by atoms with Crippen LogP contribution in [0.4, 0.5) is 5.82 Å². The molecule has 2 heterocycles. The summed E-state index contributed by atoms with van der Waals surface area (Å²) in [4.78, 5) is 6.87. The maximum absolute atomic E-state index is 11.9. The molecule has 0 spiro atoms. The van der Waals surface area contributed by atoms with Crippen molar-refractivity contribution in [3.63, 3.8) is 0 Å². The van der Waals surface area contributed by atoms with Gasteiger partial charge in [0.25, 0.3) is 0 Å². The predicted molar refractivity (Wildman–Crippen MR) is 105 cm³/mol. The summed E-state index contributed by atoms with van der Waals surface area (Å²) in [6.07, 6.45) is 4.96. The largest absolute Gasteiger partial charge is 0.369 e. The predicted octanol–water partition coefficient (Wildman–Crippen LogP) is 3.46. The van der Waals surface area contributed by atoms with Crippen molar-refractivity contribution in [1.29, 1.82) is 0 Å². The maximum atomic E-state index is 11.9. The molecule has 1 saturated heterocycles. The Morgan fingerprint density at radius 2 is 1.92 bits per heavy atom. The third-order valence-electron chi connectivity index (χ3n) is 4.79. The standard InChI is InChI=1S/C19H24ClN3O2S/c1-26(24,25)18-7-4-10-21-19(18)22-13-15-8-11-23(12-9-15)14-16-5-2-3-6-17(16)20/h2-7,10,15H,8-9,11-14H2,1H3,(H,21,22). The van der Waals surface area contributed by atoms with Gasteiger partial charge < -0.3 is 5.32 Å². The molecule has 0 amide bonds. The molecule has 1 aliphatic rings. The number of aromatic nitrogens is 1. The number of halogens is 1. The zero-order valence-corrected chi connectivity index (χ0v) is 16.4. The van der Waals surface area contributed by atoms with Gasteiger partial charge in [-0.15, -0.1) is 0 Å². The van der Waals surface area contributed by atoms with Gasteiger partial charge in [0, 0.05) is 30.6 Å². The van der Waals surface area contributed by atoms with Crippen molar-refractivity contribution in [2.45, 2.75) is 24.3 Å². The van der Waals surface area contributed by atoms with Crippen LogP contribution >= 0.6 is 11.6 Å². The summed E-state index contributed by atoms with van der Waals surface area (Å²) < 4.78 is 23.7. The Morgan fingerprint density at radius 1 is 1.19 bits per heavy atom. The number of hydrogen-bond donors (Lipinski definition) is 1. The fourth-order valence-electron chi connectivity index (χ4n) is 3.28. The Morgan fingerprint density at radius 3 is 2.62 bits per heavy atom. The molecule has 1 fully saturated rings. The Hall–Kier alpha value is -1.63. The fourth-order valence-corrected chi connectivity index (χ4v) is 4.28. The van der Waals surface area contributed by atoms with E-state index >= 15 is 0 Å². The highest BCUT2D eigenvalue weighted by atomic mass is 35.5. The third-order valence-corrected chi connectivity index (χ3v) is 6.28. The summed E-state index contributed by atoms with van der Waals surface area (Å²) in [6, 6.07) is 11.2. The molecule has 0 saturated carbocycles. The molecule has 0 radical (unpaired) electrons. The van der Waals surface area contributed by atoms with Gasteiger partial charge in [-0.2, -0.15) is 0 Å². The zero-order valence-electron chi connectivity index (χ0n) is 14.9. The van der Waals surface area contributed by atoms with Crippen LogP contribution in [-0.2, 0) is 16.4 Å². The second-order valence-corrected chi connectivity index (χ2v) is 9.21. The van der Waals surface area contributed by atoms with Gasteiger partial charge in [-0.1, -0.05) is 29.8 Å². The number of pyridine rings is 1. The lowest BCUT2D eigenvalue weighted by atomic mass is 9.96. The molecule has 0 atom stereocenters. The number of piperidine rings is 1. The Bertz CT molecular complexity index is 849. The first-order valence-corrected chi connectivity index (χ1v) is 11.0. The smallest absolute Gasteiger partial charge is 0.179 e. The van der Waals surface area contributed by atoms with Crippen molar-refractivity contribution in [3.8, 4) is 0 Å². The minimum absolute atomic E-state index is 0.260. The first-order valence-electron chi connectivity index (χ1n) is 8.78. The van der Waals surface area contributed by atoms with E-state index in [1.54, 1.807) is 18.3 Å². The molecule has 7 heteroatoms. The van der Waals surface area contributed by atoms with E-state index in [9.17, 15) is 8.42 Å². The summed E-state index contributed by atoms with van der Waals surface area (Å²) >= 11 is 6.25. The molecule has 26 heavy (non-hydrogen) atoms. The van der Waals surface area contributed by atoms with E-state index in [-0.39, 0.29) is 4.90 Å². The van der Waals surface area contributed by atoms with Crippen LogP contribution in [0.25, 0.3) is 0 Å². The minimum Gasteiger partial charge on any atom is -0.369 e. The quantitative estimate of drug-likeness (QED) is 0.814. The summed E-state index contributed by atoms with van der Waals surface area (Å²) in [5.74, 6) is 0.959. The fraction of sp³-hybridized carbons (Fsp3) is 0.421. The van der Waals surface area contributed by atoms with Crippen molar-refractivity contribution in [2.75, 3.05) is 31.2 Å². The number of nitrogens with one attached hydrogen (secondary N) is 1. The van der Waals surface area contributed by atoms with Crippen LogP contribution in [0.15, 0.2) is 47.5 Å². The van der Waals surface area contributed by atoms with E-state index in [1.807, 2.05) is 18.2 Å². The molecule has 0 unspecified atom stereocenters. The van der Waals surface area contributed by atoms with E-state index in [0.717, 1.165) is 49.6 Å². The SMILES string of the molecule is CS(=O)(=O)c1cccnc1NCC1CCN(Cc2ccccc2Cl)CC1. The molecular formula is C19H24ClN3O2S. The molecule has 5 nitrogen and oxygen atoms in total. The van der Waals surface area contributed by atoms with Crippen molar-refractivity contribution >= 4 is 27.3 Å². The van der Waals surface area contributed by atoms with Crippen LogP contribution in [-0.4, -0.2) is 44.2 Å². The van der Waals surface area contributed by atoms with E-state index in [1.165, 1.54) is 6.26 Å². The topological polar surface area (TPSA) is 62.3 Å². The Labute approximate surface area is 160 Å². The highest BCUT2D eigenvalue weighted by molar-refractivity contribution is 7.90. The van der Waals surface area contributed by atoms with Gasteiger partial charge in [0.05, 0.1) is 0 Å². The number of rotatable bonds is 6. The Kier molecular flexibility index (Phi) is 6.16. The number of nitrogens with zero attached hydrogens (tertiary/aromatic N) is 2. The first-order chi connectivity index (χ1) is 12.4. The highest BCUT2D eigenvalue weighted by Gasteiger charge is 2.21. The van der Waals surface area contributed by atoms with Crippen LogP contribution in [0.3, 0.4) is 0 Å². The highest BCUT2D eigenvalue weighted by Crippen LogP contribution is 2.24. The number of anilines is 1. The molecule has 1 aliphatic heterocycles. The van der Waals surface area contributed by atoms with Gasteiger partial charge >= 0.3 is 0 Å². The summed E-state index contributed by atoms with van der Waals surface area (Å²) in [7, 11) is -3.28. The number of benzene rings is 1. The molecule has 0 bridgehead atoms. The second kappa shape index (κ2) is 8.37. The number of hydrogen-bond acceptors (Lipinski definition) is 5. The molecule has 3 rings (SSSR count). The van der Waals surface area contributed by atoms with E-state index < -0.39 is 9.84 Å². The van der Waals surface area contributed by atoms with Crippen LogP contribution in [0.2, 0.25) is 5.02 Å². The van der Waals surface area contributed by atoms with Gasteiger partial charge in [-0.3, -0.25) is 4.90 Å². The van der Waals surface area contributed by atoms with Crippen LogP contribution in [0.5, 0.6) is 0 Å². The molecule has 1 aromatic heterocycles. The molecular weight excluding hydrogens is 370 g/mol. The zero-order chi connectivity index (χ0) is 18.6. The van der Waals surface area contributed by atoms with E-state index in [4.69, 9.17) is 11.6 Å². The summed E-state index contributed by atoms with van der Waals surface area (Å²) in [6.45, 7) is 3.63. The van der Waals surface area contributed by atoms with Crippen molar-refractivity contribution < 1.29 is 8.42 Å². The van der Waals surface area contributed by atoms with Gasteiger partial charge in [-0.25, -0.2) is 13.4 Å². The third kappa shape index (κ3) is 4.96. The molecule has 1 aromatic carbocycles. The van der Waals surface area contributed by atoms with Gasteiger partial charge in [0.2, 0.25) is 0 Å². The molecule has 140 valence electrons. The molecule has 1 N–H and O–H groups in total. The monoisotopic (exact) mass is 393 g/mol. The van der Waals surface area contributed by atoms with Crippen molar-refractivity contribution in [1.82, 2.24) is 9.88 Å².